The van der Waals surface area contributed by atoms with Crippen LogP contribution < -0.4 is 4.74 Å². The first-order valence-electron chi connectivity index (χ1n) is 7.67. The van der Waals surface area contributed by atoms with Crippen LogP contribution in [0.2, 0.25) is 0 Å². The van der Waals surface area contributed by atoms with Gasteiger partial charge in [-0.25, -0.2) is 0 Å². The average Bonchev–Trinajstić information content (AvgIpc) is 2.52. The van der Waals surface area contributed by atoms with E-state index in [9.17, 15) is 19.5 Å². The van der Waals surface area contributed by atoms with Crippen LogP contribution in [0.1, 0.15) is 5.56 Å². The summed E-state index contributed by atoms with van der Waals surface area (Å²) < 4.78 is 5.07. The third-order valence-corrected chi connectivity index (χ3v) is 3.49. The number of benzene rings is 1. The van der Waals surface area contributed by atoms with Gasteiger partial charge < -0.3 is 25.2 Å². The molecule has 0 heterocycles. The van der Waals surface area contributed by atoms with Crippen LogP contribution in [0.3, 0.4) is 0 Å². The molecule has 0 saturated carbocycles. The molecule has 26 heavy (non-hydrogen) atoms. The van der Waals surface area contributed by atoms with E-state index in [1.165, 1.54) is 23.0 Å². The van der Waals surface area contributed by atoms with Crippen molar-refractivity contribution in [2.45, 2.75) is 6.54 Å². The number of aromatic hydroxyl groups is 1. The number of ether oxygens (including phenoxy) is 1. The van der Waals surface area contributed by atoms with Crippen molar-refractivity contribution in [1.29, 1.82) is 0 Å². The number of nitrogens with zero attached hydrogens (tertiary/aromatic N) is 2. The molecular weight excluding hydrogens is 348 g/mol. The average molecular weight is 370 g/mol. The minimum Gasteiger partial charge on any atom is -0.508 e. The monoisotopic (exact) mass is 370 g/mol. The number of aliphatic carboxylic acids is 3. The third kappa shape index (κ3) is 7.81. The number of hydrogen-bond donors (Lipinski definition) is 4. The van der Waals surface area contributed by atoms with Gasteiger partial charge in [0, 0.05) is 25.2 Å². The first kappa shape index (κ1) is 21.2. The van der Waals surface area contributed by atoms with Gasteiger partial charge in [0.15, 0.2) is 0 Å². The third-order valence-electron chi connectivity index (χ3n) is 3.49. The Morgan fingerprint density at radius 3 is 1.92 bits per heavy atom. The molecule has 1 rings (SSSR count). The summed E-state index contributed by atoms with van der Waals surface area (Å²) in [7, 11) is 1.46. The van der Waals surface area contributed by atoms with E-state index >= 15 is 0 Å². The second kappa shape index (κ2) is 10.2. The lowest BCUT2D eigenvalue weighted by molar-refractivity contribution is -0.143. The molecule has 0 spiro atoms. The van der Waals surface area contributed by atoms with E-state index < -0.39 is 31.0 Å². The number of phenolic OH excluding ortho intramolecular Hbond substituents is 1. The van der Waals surface area contributed by atoms with Crippen LogP contribution in [0.15, 0.2) is 18.2 Å². The van der Waals surface area contributed by atoms with Crippen molar-refractivity contribution in [3.8, 4) is 11.5 Å². The van der Waals surface area contributed by atoms with Crippen molar-refractivity contribution in [2.24, 2.45) is 0 Å². The summed E-state index contributed by atoms with van der Waals surface area (Å²) in [5.74, 6) is -3.00. The van der Waals surface area contributed by atoms with Crippen LogP contribution in [0.4, 0.5) is 0 Å². The highest BCUT2D eigenvalue weighted by Crippen LogP contribution is 2.24. The number of methoxy groups -OCH3 is 1. The topological polar surface area (TPSA) is 148 Å². The van der Waals surface area contributed by atoms with Crippen molar-refractivity contribution in [1.82, 2.24) is 9.80 Å². The maximum absolute atomic E-state index is 11.1. The zero-order valence-electron chi connectivity index (χ0n) is 14.3. The summed E-state index contributed by atoms with van der Waals surface area (Å²) >= 11 is 0. The molecule has 0 aromatic heterocycles. The van der Waals surface area contributed by atoms with Crippen molar-refractivity contribution < 1.29 is 39.5 Å². The van der Waals surface area contributed by atoms with E-state index in [0.29, 0.717) is 11.3 Å². The van der Waals surface area contributed by atoms with Gasteiger partial charge in [-0.15, -0.1) is 0 Å². The summed E-state index contributed by atoms with van der Waals surface area (Å²) in [6, 6.07) is 4.55. The van der Waals surface area contributed by atoms with E-state index in [4.69, 9.17) is 20.1 Å². The Kier molecular flexibility index (Phi) is 8.32. The Hall–Kier alpha value is -2.85. The number of hydrogen-bond acceptors (Lipinski definition) is 7. The molecule has 4 N–H and O–H groups in total. The van der Waals surface area contributed by atoms with E-state index in [2.05, 4.69) is 0 Å². The smallest absolute Gasteiger partial charge is 0.317 e. The first-order valence-corrected chi connectivity index (χ1v) is 7.67. The van der Waals surface area contributed by atoms with Crippen molar-refractivity contribution >= 4 is 17.9 Å². The fourth-order valence-corrected chi connectivity index (χ4v) is 2.34. The summed E-state index contributed by atoms with van der Waals surface area (Å²) in [6.07, 6.45) is 0. The molecule has 1 aromatic rings. The maximum Gasteiger partial charge on any atom is 0.317 e. The highest BCUT2D eigenvalue weighted by Gasteiger charge is 2.18. The van der Waals surface area contributed by atoms with Crippen molar-refractivity contribution in [3.63, 3.8) is 0 Å². The van der Waals surface area contributed by atoms with Gasteiger partial charge in [0.25, 0.3) is 0 Å². The molecule has 0 bridgehead atoms. The van der Waals surface area contributed by atoms with E-state index in [1.807, 2.05) is 0 Å². The fourth-order valence-electron chi connectivity index (χ4n) is 2.34. The molecule has 0 unspecified atom stereocenters. The lowest BCUT2D eigenvalue weighted by Crippen LogP contribution is -2.41. The molecule has 0 fully saturated rings. The lowest BCUT2D eigenvalue weighted by atomic mass is 10.1. The molecule has 0 radical (unpaired) electrons. The van der Waals surface area contributed by atoms with Crippen LogP contribution in [0, 0.1) is 0 Å². The molecule has 0 aliphatic rings. The van der Waals surface area contributed by atoms with E-state index in [1.54, 1.807) is 12.1 Å². The van der Waals surface area contributed by atoms with Crippen LogP contribution in [0.25, 0.3) is 0 Å². The fraction of sp³-hybridized carbons (Fsp3) is 0.438. The second-order valence-corrected chi connectivity index (χ2v) is 5.60. The minimum absolute atomic E-state index is 0.0332. The van der Waals surface area contributed by atoms with Gasteiger partial charge in [-0.1, -0.05) is 0 Å². The Morgan fingerprint density at radius 2 is 1.42 bits per heavy atom. The quantitative estimate of drug-likeness (QED) is 0.388. The highest BCUT2D eigenvalue weighted by molar-refractivity contribution is 5.72. The summed E-state index contributed by atoms with van der Waals surface area (Å²) in [5.41, 5.74) is 0.439. The summed E-state index contributed by atoms with van der Waals surface area (Å²) in [5, 5.41) is 36.7. The number of carbonyl (C=O) groups is 3. The normalized spacial score (nSPS) is 10.9. The Balaban J connectivity index is 2.84. The molecule has 10 nitrogen and oxygen atoms in total. The first-order chi connectivity index (χ1) is 12.2. The zero-order valence-corrected chi connectivity index (χ0v) is 14.3. The van der Waals surface area contributed by atoms with Crippen molar-refractivity contribution in [2.75, 3.05) is 39.8 Å². The molecule has 10 heteroatoms. The van der Waals surface area contributed by atoms with Crippen molar-refractivity contribution in [3.05, 3.63) is 23.8 Å². The van der Waals surface area contributed by atoms with Gasteiger partial charge in [0.2, 0.25) is 0 Å². The Bertz CT molecular complexity index is 633. The molecule has 144 valence electrons. The zero-order chi connectivity index (χ0) is 19.7. The van der Waals surface area contributed by atoms with Crippen LogP contribution in [0.5, 0.6) is 11.5 Å². The van der Waals surface area contributed by atoms with Gasteiger partial charge >= 0.3 is 17.9 Å². The second-order valence-electron chi connectivity index (χ2n) is 5.60. The predicted molar refractivity (Wildman–Crippen MR) is 89.3 cm³/mol. The molecule has 0 saturated heterocycles. The number of carboxylic acids is 3. The highest BCUT2D eigenvalue weighted by atomic mass is 16.5. The summed E-state index contributed by atoms with van der Waals surface area (Å²) in [4.78, 5) is 35.4. The van der Waals surface area contributed by atoms with Crippen LogP contribution >= 0.6 is 0 Å². The standard InChI is InChI=1S/C16H22N2O8/c1-26-12-2-3-13(19)11(6-12)7-17(8-14(20)21)4-5-18(9-15(22)23)10-16(24)25/h2-3,6,19H,4-5,7-10H2,1H3,(H,20,21)(H,22,23)(H,24,25). The van der Waals surface area contributed by atoms with Crippen LogP contribution in [-0.4, -0.2) is 88.0 Å². The van der Waals surface area contributed by atoms with E-state index in [0.717, 1.165) is 0 Å². The molecule has 0 atom stereocenters. The Morgan fingerprint density at radius 1 is 0.923 bits per heavy atom. The van der Waals surface area contributed by atoms with Gasteiger partial charge in [-0.05, 0) is 18.2 Å². The summed E-state index contributed by atoms with van der Waals surface area (Å²) in [6.45, 7) is -1.09. The minimum atomic E-state index is -1.18. The largest absolute Gasteiger partial charge is 0.508 e. The number of phenols is 1. The maximum atomic E-state index is 11.1. The predicted octanol–water partition coefficient (Wildman–Crippen LogP) is -0.241. The van der Waals surface area contributed by atoms with Gasteiger partial charge in [0.1, 0.15) is 11.5 Å². The number of carboxylic acid groups (broad SMARTS) is 3. The molecule has 1 aromatic carbocycles. The SMILES string of the molecule is COc1ccc(O)c(CN(CCN(CC(=O)O)CC(=O)O)CC(=O)O)c1. The molecule has 0 aliphatic carbocycles. The van der Waals surface area contributed by atoms with E-state index in [-0.39, 0.29) is 31.9 Å². The van der Waals surface area contributed by atoms with Gasteiger partial charge in [-0.2, -0.15) is 0 Å². The van der Waals surface area contributed by atoms with Crippen LogP contribution in [-0.2, 0) is 20.9 Å². The lowest BCUT2D eigenvalue weighted by Gasteiger charge is -2.25. The molecule has 0 aliphatic heterocycles. The van der Waals surface area contributed by atoms with Gasteiger partial charge in [-0.3, -0.25) is 24.2 Å². The number of rotatable bonds is 12. The Labute approximate surface area is 149 Å². The molecule has 0 amide bonds. The van der Waals surface area contributed by atoms with Gasteiger partial charge in [0.05, 0.1) is 26.7 Å². The molecular formula is C16H22N2O8.